The minimum absolute atomic E-state index is 0.125. The molecule has 0 aliphatic carbocycles. The third-order valence-corrected chi connectivity index (χ3v) is 3.82. The minimum atomic E-state index is -1.25. The molecule has 0 saturated carbocycles. The maximum Gasteiger partial charge on any atom is 0.339 e. The molecule has 0 heterocycles. The van der Waals surface area contributed by atoms with Gasteiger partial charge >= 0.3 is 5.97 Å². The summed E-state index contributed by atoms with van der Waals surface area (Å²) in [4.78, 5) is 22.0. The van der Waals surface area contributed by atoms with E-state index in [1.807, 2.05) is 0 Å². The first kappa shape index (κ1) is 20.3. The Morgan fingerprint density at radius 3 is 2.33 bits per heavy atom. The number of aromatic carboxylic acids is 1. The molecule has 0 aliphatic heterocycles. The molecule has 2 aromatic carbocycles. The summed E-state index contributed by atoms with van der Waals surface area (Å²) in [6.07, 6.45) is -0.190. The van der Waals surface area contributed by atoms with Gasteiger partial charge in [-0.2, -0.15) is 0 Å². The van der Waals surface area contributed by atoms with Gasteiger partial charge in [0.1, 0.15) is 23.2 Å². The largest absolute Gasteiger partial charge is 0.547 e. The van der Waals surface area contributed by atoms with E-state index in [1.165, 1.54) is 13.2 Å². The molecule has 27 heavy (non-hydrogen) atoms. The van der Waals surface area contributed by atoms with E-state index < -0.39 is 18.0 Å². The van der Waals surface area contributed by atoms with E-state index in [1.54, 1.807) is 42.5 Å². The van der Waals surface area contributed by atoms with Gasteiger partial charge in [0.15, 0.2) is 0 Å². The number of carbonyl (C=O) groups excluding carboxylic acids is 1. The number of carboxylic acids is 2. The predicted molar refractivity (Wildman–Crippen MR) is 95.0 cm³/mol. The second kappa shape index (κ2) is 10.2. The zero-order valence-electron chi connectivity index (χ0n) is 14.9. The number of methoxy groups -OCH3 is 1. The molecule has 2 aromatic rings. The molecule has 2 rings (SSSR count). The lowest BCUT2D eigenvalue weighted by Crippen LogP contribution is -2.38. The predicted octanol–water partition coefficient (Wildman–Crippen LogP) is 1.54. The molecule has 0 aliphatic rings. The van der Waals surface area contributed by atoms with Gasteiger partial charge in [-0.25, -0.2) is 4.79 Å². The smallest absolute Gasteiger partial charge is 0.339 e. The SMILES string of the molecule is CO[C@@H](Cc1ccc(OCCCOc2ccccc2C(=O)O)cc1)C(=O)[O-]. The Balaban J connectivity index is 1.75. The van der Waals surface area contributed by atoms with Crippen LogP contribution < -0.4 is 14.6 Å². The Bertz CT molecular complexity index is 755. The quantitative estimate of drug-likeness (QED) is 0.596. The molecule has 0 spiro atoms. The lowest BCUT2D eigenvalue weighted by Gasteiger charge is -2.16. The number of carboxylic acid groups (broad SMARTS) is 2. The van der Waals surface area contributed by atoms with Crippen molar-refractivity contribution < 1.29 is 34.0 Å². The zero-order valence-corrected chi connectivity index (χ0v) is 14.9. The summed E-state index contributed by atoms with van der Waals surface area (Å²) in [6.45, 7) is 0.720. The van der Waals surface area contributed by atoms with Crippen LogP contribution in [-0.2, 0) is 16.0 Å². The summed E-state index contributed by atoms with van der Waals surface area (Å²) in [5.74, 6) is -1.30. The van der Waals surface area contributed by atoms with Crippen LogP contribution in [0.3, 0.4) is 0 Å². The highest BCUT2D eigenvalue weighted by molar-refractivity contribution is 5.90. The molecule has 0 radical (unpaired) electrons. The van der Waals surface area contributed by atoms with Crippen molar-refractivity contribution >= 4 is 11.9 Å². The highest BCUT2D eigenvalue weighted by Crippen LogP contribution is 2.18. The zero-order chi connectivity index (χ0) is 19.6. The van der Waals surface area contributed by atoms with Crippen LogP contribution in [0.25, 0.3) is 0 Å². The van der Waals surface area contributed by atoms with Gasteiger partial charge in [-0.05, 0) is 29.8 Å². The number of para-hydroxylation sites is 1. The summed E-state index contributed by atoms with van der Waals surface area (Å²) >= 11 is 0. The van der Waals surface area contributed by atoms with Crippen LogP contribution in [0.4, 0.5) is 0 Å². The first-order valence-corrected chi connectivity index (χ1v) is 8.41. The fourth-order valence-electron chi connectivity index (χ4n) is 2.40. The van der Waals surface area contributed by atoms with Crippen LogP contribution in [0.1, 0.15) is 22.3 Å². The molecule has 0 unspecified atom stereocenters. The molecule has 7 heteroatoms. The van der Waals surface area contributed by atoms with Crippen LogP contribution in [-0.4, -0.2) is 43.5 Å². The first-order chi connectivity index (χ1) is 13.0. The highest BCUT2D eigenvalue weighted by atomic mass is 16.5. The number of aliphatic carboxylic acids is 1. The lowest BCUT2D eigenvalue weighted by molar-refractivity contribution is -0.315. The average molecular weight is 373 g/mol. The van der Waals surface area contributed by atoms with Gasteiger partial charge in [0, 0.05) is 20.0 Å². The molecule has 7 nitrogen and oxygen atoms in total. The summed E-state index contributed by atoms with van der Waals surface area (Å²) in [5.41, 5.74) is 0.923. The van der Waals surface area contributed by atoms with Gasteiger partial charge < -0.3 is 29.2 Å². The average Bonchev–Trinajstić information content (AvgIpc) is 2.66. The molecule has 0 bridgehead atoms. The van der Waals surface area contributed by atoms with Gasteiger partial charge in [-0.1, -0.05) is 24.3 Å². The Labute approximate surface area is 157 Å². The van der Waals surface area contributed by atoms with E-state index in [9.17, 15) is 14.7 Å². The van der Waals surface area contributed by atoms with Crippen LogP contribution in [0, 0.1) is 0 Å². The standard InChI is InChI=1S/C20H22O7/c1-25-18(20(23)24)13-14-7-9-15(10-8-14)26-11-4-12-27-17-6-3-2-5-16(17)19(21)22/h2-3,5-10,18H,4,11-13H2,1H3,(H,21,22)(H,23,24)/p-1/t18-/m0/s1. The van der Waals surface area contributed by atoms with Gasteiger partial charge in [-0.15, -0.1) is 0 Å². The lowest BCUT2D eigenvalue weighted by atomic mass is 10.1. The highest BCUT2D eigenvalue weighted by Gasteiger charge is 2.10. The van der Waals surface area contributed by atoms with Crippen molar-refractivity contribution in [1.82, 2.24) is 0 Å². The monoisotopic (exact) mass is 373 g/mol. The molecule has 0 saturated heterocycles. The summed E-state index contributed by atoms with van der Waals surface area (Å²) in [7, 11) is 1.33. The molecule has 144 valence electrons. The van der Waals surface area contributed by atoms with Crippen molar-refractivity contribution in [2.45, 2.75) is 18.9 Å². The van der Waals surface area contributed by atoms with E-state index >= 15 is 0 Å². The van der Waals surface area contributed by atoms with Crippen molar-refractivity contribution in [2.75, 3.05) is 20.3 Å². The van der Waals surface area contributed by atoms with Crippen LogP contribution in [0.5, 0.6) is 11.5 Å². The van der Waals surface area contributed by atoms with Crippen LogP contribution >= 0.6 is 0 Å². The third-order valence-electron chi connectivity index (χ3n) is 3.82. The number of ether oxygens (including phenoxy) is 3. The van der Waals surface area contributed by atoms with Crippen molar-refractivity contribution in [3.63, 3.8) is 0 Å². The normalized spacial score (nSPS) is 11.6. The molecule has 0 fully saturated rings. The maximum absolute atomic E-state index is 11.1. The van der Waals surface area contributed by atoms with Gasteiger partial charge in [-0.3, -0.25) is 0 Å². The van der Waals surface area contributed by atoms with Crippen molar-refractivity contribution in [1.29, 1.82) is 0 Å². The fourth-order valence-corrected chi connectivity index (χ4v) is 2.40. The molecule has 1 N–H and O–H groups in total. The number of carbonyl (C=O) groups is 2. The Hall–Kier alpha value is -3.06. The first-order valence-electron chi connectivity index (χ1n) is 8.41. The molecule has 0 amide bonds. The minimum Gasteiger partial charge on any atom is -0.547 e. The van der Waals surface area contributed by atoms with Crippen molar-refractivity contribution in [3.8, 4) is 11.5 Å². The second-order valence-electron chi connectivity index (χ2n) is 5.74. The molecule has 0 aromatic heterocycles. The number of benzene rings is 2. The van der Waals surface area contributed by atoms with Crippen molar-refractivity contribution in [3.05, 3.63) is 59.7 Å². The van der Waals surface area contributed by atoms with E-state index in [0.717, 1.165) is 5.56 Å². The van der Waals surface area contributed by atoms with Gasteiger partial charge in [0.05, 0.1) is 19.2 Å². The number of hydrogen-bond donors (Lipinski definition) is 1. The second-order valence-corrected chi connectivity index (χ2v) is 5.74. The van der Waals surface area contributed by atoms with Crippen LogP contribution in [0.15, 0.2) is 48.5 Å². The number of rotatable bonds is 11. The molecule has 1 atom stereocenters. The fraction of sp³-hybridized carbons (Fsp3) is 0.300. The van der Waals surface area contributed by atoms with E-state index in [-0.39, 0.29) is 12.0 Å². The van der Waals surface area contributed by atoms with E-state index in [2.05, 4.69) is 0 Å². The Morgan fingerprint density at radius 1 is 1.04 bits per heavy atom. The number of hydrogen-bond acceptors (Lipinski definition) is 6. The van der Waals surface area contributed by atoms with Crippen LogP contribution in [0.2, 0.25) is 0 Å². The van der Waals surface area contributed by atoms with Crippen molar-refractivity contribution in [2.24, 2.45) is 0 Å². The maximum atomic E-state index is 11.1. The van der Waals surface area contributed by atoms with Gasteiger partial charge in [0.2, 0.25) is 0 Å². The topological polar surface area (TPSA) is 105 Å². The summed E-state index contributed by atoms with van der Waals surface area (Å²) in [6, 6.07) is 13.5. The Kier molecular flexibility index (Phi) is 7.63. The van der Waals surface area contributed by atoms with E-state index in [0.29, 0.717) is 31.1 Å². The third kappa shape index (κ3) is 6.31. The summed E-state index contributed by atoms with van der Waals surface area (Å²) < 4.78 is 16.0. The molecular weight excluding hydrogens is 352 g/mol. The Morgan fingerprint density at radius 2 is 1.70 bits per heavy atom. The van der Waals surface area contributed by atoms with E-state index in [4.69, 9.17) is 19.3 Å². The summed E-state index contributed by atoms with van der Waals surface area (Å²) in [5, 5.41) is 20.0. The van der Waals surface area contributed by atoms with Gasteiger partial charge in [0.25, 0.3) is 0 Å². The molecular formula is C20H21O7-.